The molecule has 1 unspecified atom stereocenters. The lowest BCUT2D eigenvalue weighted by atomic mass is 10.1. The van der Waals surface area contributed by atoms with Crippen LogP contribution in [0.3, 0.4) is 0 Å². The first-order valence-corrected chi connectivity index (χ1v) is 8.39. The van der Waals surface area contributed by atoms with Gasteiger partial charge in [-0.05, 0) is 31.5 Å². The van der Waals surface area contributed by atoms with Gasteiger partial charge in [-0.2, -0.15) is 18.3 Å². The van der Waals surface area contributed by atoms with Crippen LogP contribution >= 0.6 is 11.3 Å². The van der Waals surface area contributed by atoms with Gasteiger partial charge in [-0.15, -0.1) is 11.3 Å². The van der Waals surface area contributed by atoms with Crippen LogP contribution in [0.5, 0.6) is 0 Å². The number of alkyl halides is 3. The number of aromatic nitrogens is 3. The van der Waals surface area contributed by atoms with E-state index in [1.54, 1.807) is 17.4 Å². The fourth-order valence-corrected chi connectivity index (χ4v) is 3.43. The van der Waals surface area contributed by atoms with Gasteiger partial charge in [0.1, 0.15) is 0 Å². The van der Waals surface area contributed by atoms with E-state index in [4.69, 9.17) is 5.11 Å². The lowest BCUT2D eigenvalue weighted by molar-refractivity contribution is -0.208. The summed E-state index contributed by atoms with van der Waals surface area (Å²) in [6.45, 7) is 3.26. The van der Waals surface area contributed by atoms with Crippen LogP contribution in [0.15, 0.2) is 36.5 Å². The molecular formula is C17H16F3N3OS. The third kappa shape index (κ3) is 3.91. The summed E-state index contributed by atoms with van der Waals surface area (Å²) in [4.78, 5) is 5.48. The molecule has 25 heavy (non-hydrogen) atoms. The zero-order chi connectivity index (χ0) is 18.2. The molecule has 8 heteroatoms. The van der Waals surface area contributed by atoms with Gasteiger partial charge in [0.05, 0.1) is 27.8 Å². The Labute approximate surface area is 146 Å². The number of hydrogen-bond acceptors (Lipinski definition) is 4. The SMILES string of the molecule is Cc1nc(C)c(-c2cccc(-c3ccn(CC(O)C(F)(F)F)n3)c2)s1. The Bertz CT molecular complexity index is 885. The van der Waals surface area contributed by atoms with E-state index in [1.165, 1.54) is 6.20 Å². The van der Waals surface area contributed by atoms with E-state index >= 15 is 0 Å². The molecule has 1 aromatic carbocycles. The van der Waals surface area contributed by atoms with Crippen molar-refractivity contribution in [3.05, 3.63) is 47.2 Å². The van der Waals surface area contributed by atoms with Crippen LogP contribution < -0.4 is 0 Å². The molecule has 0 saturated heterocycles. The van der Waals surface area contributed by atoms with Crippen molar-refractivity contribution in [2.45, 2.75) is 32.7 Å². The van der Waals surface area contributed by atoms with E-state index in [-0.39, 0.29) is 0 Å². The highest BCUT2D eigenvalue weighted by molar-refractivity contribution is 7.15. The largest absolute Gasteiger partial charge is 0.416 e. The highest BCUT2D eigenvalue weighted by Gasteiger charge is 2.38. The molecule has 0 spiro atoms. The van der Waals surface area contributed by atoms with E-state index < -0.39 is 18.8 Å². The number of aryl methyl sites for hydroxylation is 2. The summed E-state index contributed by atoms with van der Waals surface area (Å²) in [5, 5.41) is 14.3. The van der Waals surface area contributed by atoms with Crippen LogP contribution in [0.25, 0.3) is 21.7 Å². The number of nitrogens with zero attached hydrogens (tertiary/aromatic N) is 3. The second-order valence-electron chi connectivity index (χ2n) is 5.71. The first-order valence-electron chi connectivity index (χ1n) is 7.57. The molecule has 1 atom stereocenters. The van der Waals surface area contributed by atoms with Crippen molar-refractivity contribution >= 4 is 11.3 Å². The molecule has 0 bridgehead atoms. The molecule has 0 aliphatic rings. The number of thiazole rings is 1. The Morgan fingerprint density at radius 3 is 2.56 bits per heavy atom. The third-order valence-electron chi connectivity index (χ3n) is 3.70. The van der Waals surface area contributed by atoms with Crippen molar-refractivity contribution in [3.8, 4) is 21.7 Å². The van der Waals surface area contributed by atoms with Gasteiger partial charge in [0.15, 0.2) is 6.10 Å². The first-order chi connectivity index (χ1) is 11.7. The first kappa shape index (κ1) is 17.6. The van der Waals surface area contributed by atoms with E-state index in [9.17, 15) is 13.2 Å². The van der Waals surface area contributed by atoms with Gasteiger partial charge in [-0.3, -0.25) is 4.68 Å². The average molecular weight is 367 g/mol. The van der Waals surface area contributed by atoms with Gasteiger partial charge >= 0.3 is 6.18 Å². The fraction of sp³-hybridized carbons (Fsp3) is 0.294. The van der Waals surface area contributed by atoms with Gasteiger partial charge in [-0.1, -0.05) is 18.2 Å². The molecule has 0 radical (unpaired) electrons. The number of halogens is 3. The van der Waals surface area contributed by atoms with Crippen molar-refractivity contribution in [2.75, 3.05) is 0 Å². The second kappa shape index (κ2) is 6.61. The maximum absolute atomic E-state index is 12.4. The molecular weight excluding hydrogens is 351 g/mol. The molecule has 4 nitrogen and oxygen atoms in total. The number of hydrogen-bond donors (Lipinski definition) is 1. The van der Waals surface area contributed by atoms with Crippen LogP contribution in [-0.4, -0.2) is 32.2 Å². The summed E-state index contributed by atoms with van der Waals surface area (Å²) in [6.07, 6.45) is -5.67. The lowest BCUT2D eigenvalue weighted by Crippen LogP contribution is -2.32. The Morgan fingerprint density at radius 1 is 1.20 bits per heavy atom. The third-order valence-corrected chi connectivity index (χ3v) is 4.82. The van der Waals surface area contributed by atoms with Crippen molar-refractivity contribution in [1.82, 2.24) is 14.8 Å². The summed E-state index contributed by atoms with van der Waals surface area (Å²) in [7, 11) is 0. The van der Waals surface area contributed by atoms with E-state index in [1.807, 2.05) is 38.1 Å². The summed E-state index contributed by atoms with van der Waals surface area (Å²) in [6, 6.07) is 9.26. The van der Waals surface area contributed by atoms with E-state index in [0.717, 1.165) is 31.4 Å². The van der Waals surface area contributed by atoms with Crippen LogP contribution in [-0.2, 0) is 6.54 Å². The molecule has 0 aliphatic heterocycles. The summed E-state index contributed by atoms with van der Waals surface area (Å²) < 4.78 is 38.4. The summed E-state index contributed by atoms with van der Waals surface area (Å²) in [5.74, 6) is 0. The molecule has 3 rings (SSSR count). The lowest BCUT2D eigenvalue weighted by Gasteiger charge is -2.14. The molecule has 0 saturated carbocycles. The fourth-order valence-electron chi connectivity index (χ4n) is 2.52. The Morgan fingerprint density at radius 2 is 1.92 bits per heavy atom. The normalized spacial score (nSPS) is 13.2. The Balaban J connectivity index is 1.86. The predicted octanol–water partition coefficient (Wildman–Crippen LogP) is 4.21. The standard InChI is InChI=1S/C17H16F3N3OS/c1-10-16(25-11(2)21-10)13-5-3-4-12(8-13)14-6-7-23(22-14)9-15(24)17(18,19)20/h3-8,15,24H,9H2,1-2H3. The van der Waals surface area contributed by atoms with Crippen LogP contribution in [0.1, 0.15) is 10.7 Å². The van der Waals surface area contributed by atoms with E-state index in [2.05, 4.69) is 10.1 Å². The number of benzene rings is 1. The van der Waals surface area contributed by atoms with Gasteiger partial charge < -0.3 is 5.11 Å². The van der Waals surface area contributed by atoms with Gasteiger partial charge in [0.25, 0.3) is 0 Å². The molecule has 0 amide bonds. The zero-order valence-corrected chi connectivity index (χ0v) is 14.4. The minimum Gasteiger partial charge on any atom is -0.382 e. The molecule has 2 heterocycles. The predicted molar refractivity (Wildman–Crippen MR) is 90.3 cm³/mol. The number of aliphatic hydroxyl groups is 1. The minimum atomic E-state index is -4.66. The maximum atomic E-state index is 12.4. The van der Waals surface area contributed by atoms with Crippen molar-refractivity contribution in [2.24, 2.45) is 0 Å². The molecule has 2 aromatic heterocycles. The van der Waals surface area contributed by atoms with Gasteiger partial charge in [0, 0.05) is 11.8 Å². The topological polar surface area (TPSA) is 50.9 Å². The van der Waals surface area contributed by atoms with E-state index in [0.29, 0.717) is 5.69 Å². The molecule has 0 aliphatic carbocycles. The van der Waals surface area contributed by atoms with Crippen molar-refractivity contribution < 1.29 is 18.3 Å². The van der Waals surface area contributed by atoms with Crippen LogP contribution in [0.2, 0.25) is 0 Å². The van der Waals surface area contributed by atoms with Gasteiger partial charge in [-0.25, -0.2) is 4.98 Å². The summed E-state index contributed by atoms with van der Waals surface area (Å²) >= 11 is 1.59. The van der Waals surface area contributed by atoms with Crippen LogP contribution in [0, 0.1) is 13.8 Å². The van der Waals surface area contributed by atoms with Crippen LogP contribution in [0.4, 0.5) is 13.2 Å². The van der Waals surface area contributed by atoms with Crippen molar-refractivity contribution in [3.63, 3.8) is 0 Å². The Kier molecular flexibility index (Phi) is 4.66. The highest BCUT2D eigenvalue weighted by Crippen LogP contribution is 2.32. The number of aliphatic hydroxyl groups excluding tert-OH is 1. The Hall–Kier alpha value is -2.19. The maximum Gasteiger partial charge on any atom is 0.416 e. The highest BCUT2D eigenvalue weighted by atomic mass is 32.1. The minimum absolute atomic E-state index is 0.551. The quantitative estimate of drug-likeness (QED) is 0.751. The molecule has 0 fully saturated rings. The van der Waals surface area contributed by atoms with Gasteiger partial charge in [0.2, 0.25) is 0 Å². The molecule has 1 N–H and O–H groups in total. The average Bonchev–Trinajstić information content (AvgIpc) is 3.13. The summed E-state index contributed by atoms with van der Waals surface area (Å²) in [5.41, 5.74) is 3.28. The zero-order valence-electron chi connectivity index (χ0n) is 13.6. The number of rotatable bonds is 4. The smallest absolute Gasteiger partial charge is 0.382 e. The second-order valence-corrected chi connectivity index (χ2v) is 6.91. The molecule has 3 aromatic rings. The van der Waals surface area contributed by atoms with Crippen molar-refractivity contribution in [1.29, 1.82) is 0 Å². The monoisotopic (exact) mass is 367 g/mol. The molecule has 132 valence electrons.